The average molecular weight is 248 g/mol. The molecule has 0 saturated carbocycles. The van der Waals surface area contributed by atoms with E-state index in [0.717, 1.165) is 5.56 Å². The van der Waals surface area contributed by atoms with E-state index >= 15 is 0 Å². The third kappa shape index (κ3) is 2.64. The number of benzene rings is 1. The molecule has 0 bridgehead atoms. The van der Waals surface area contributed by atoms with Crippen LogP contribution in [0.3, 0.4) is 0 Å². The molecule has 0 aromatic heterocycles. The van der Waals surface area contributed by atoms with E-state index in [1.54, 1.807) is 4.90 Å². The number of carbonyl (C=O) groups excluding carboxylic acids is 1. The van der Waals surface area contributed by atoms with Gasteiger partial charge in [-0.05, 0) is 17.0 Å². The highest BCUT2D eigenvalue weighted by Gasteiger charge is 2.28. The minimum absolute atomic E-state index is 0.00638. The van der Waals surface area contributed by atoms with Crippen molar-refractivity contribution in [3.63, 3.8) is 0 Å². The van der Waals surface area contributed by atoms with Crippen molar-refractivity contribution in [1.82, 2.24) is 10.2 Å². The van der Waals surface area contributed by atoms with E-state index in [9.17, 15) is 4.79 Å². The summed E-state index contributed by atoms with van der Waals surface area (Å²) in [6.07, 6.45) is 0. The summed E-state index contributed by atoms with van der Waals surface area (Å²) in [4.78, 5) is 13.3. The summed E-state index contributed by atoms with van der Waals surface area (Å²) in [5.74, 6) is 0.517. The van der Waals surface area contributed by atoms with E-state index < -0.39 is 0 Å². The molecule has 0 radical (unpaired) electrons. The molecule has 1 aliphatic rings. The Morgan fingerprint density at radius 2 is 2.06 bits per heavy atom. The molecular formula is C14H20N2O2. The molecule has 2 rings (SSSR count). The van der Waals surface area contributed by atoms with Crippen molar-refractivity contribution in [2.24, 2.45) is 0 Å². The number of rotatable bonds is 4. The first kappa shape index (κ1) is 12.9. The molecule has 1 fully saturated rings. The van der Waals surface area contributed by atoms with Crippen LogP contribution in [0.15, 0.2) is 24.3 Å². The second kappa shape index (κ2) is 5.40. The number of aliphatic hydroxyl groups is 1. The van der Waals surface area contributed by atoms with Gasteiger partial charge in [0.2, 0.25) is 0 Å². The van der Waals surface area contributed by atoms with Crippen LogP contribution in [0.2, 0.25) is 0 Å². The van der Waals surface area contributed by atoms with Gasteiger partial charge in [-0.2, -0.15) is 0 Å². The number of β-amino-alcohol motifs (C(OH)–C–C–N with tert-alkyl or cyclic N) is 1. The van der Waals surface area contributed by atoms with Crippen LogP contribution < -0.4 is 5.32 Å². The van der Waals surface area contributed by atoms with E-state index in [1.807, 2.05) is 0 Å². The summed E-state index contributed by atoms with van der Waals surface area (Å²) in [5, 5.41) is 11.8. The van der Waals surface area contributed by atoms with Gasteiger partial charge >= 0.3 is 6.03 Å². The number of hydrogen-bond acceptors (Lipinski definition) is 2. The minimum Gasteiger partial charge on any atom is -0.395 e. The fourth-order valence-corrected chi connectivity index (χ4v) is 2.20. The van der Waals surface area contributed by atoms with Crippen molar-refractivity contribution >= 4 is 6.03 Å². The Morgan fingerprint density at radius 1 is 1.39 bits per heavy atom. The highest BCUT2D eigenvalue weighted by Crippen LogP contribution is 2.22. The van der Waals surface area contributed by atoms with E-state index in [4.69, 9.17) is 5.11 Å². The molecule has 1 heterocycles. The van der Waals surface area contributed by atoms with E-state index in [2.05, 4.69) is 43.4 Å². The molecule has 1 saturated heterocycles. The number of nitrogens with one attached hydrogen (secondary N) is 1. The van der Waals surface area contributed by atoms with Gasteiger partial charge in [-0.1, -0.05) is 38.1 Å². The summed E-state index contributed by atoms with van der Waals surface area (Å²) >= 11 is 0. The van der Waals surface area contributed by atoms with Gasteiger partial charge in [-0.15, -0.1) is 0 Å². The molecule has 2 amide bonds. The molecule has 18 heavy (non-hydrogen) atoms. The largest absolute Gasteiger partial charge is 0.395 e. The first-order valence-electron chi connectivity index (χ1n) is 6.38. The third-order valence-electron chi connectivity index (χ3n) is 3.36. The number of hydrogen-bond donors (Lipinski definition) is 2. The lowest BCUT2D eigenvalue weighted by Crippen LogP contribution is -2.30. The van der Waals surface area contributed by atoms with Crippen LogP contribution in [-0.2, 0) is 0 Å². The third-order valence-corrected chi connectivity index (χ3v) is 3.36. The summed E-state index contributed by atoms with van der Waals surface area (Å²) in [5.41, 5.74) is 2.42. The quantitative estimate of drug-likeness (QED) is 0.854. The average Bonchev–Trinajstić information content (AvgIpc) is 2.72. The first-order valence-corrected chi connectivity index (χ1v) is 6.38. The van der Waals surface area contributed by atoms with Crippen LogP contribution in [0.1, 0.15) is 36.9 Å². The lowest BCUT2D eigenvalue weighted by Gasteiger charge is -2.13. The van der Waals surface area contributed by atoms with Crippen LogP contribution in [-0.4, -0.2) is 35.7 Å². The number of amides is 2. The number of urea groups is 1. The maximum atomic E-state index is 11.6. The van der Waals surface area contributed by atoms with Crippen molar-refractivity contribution in [2.75, 3.05) is 19.7 Å². The topological polar surface area (TPSA) is 52.6 Å². The maximum Gasteiger partial charge on any atom is 0.318 e. The van der Waals surface area contributed by atoms with Crippen LogP contribution in [0.25, 0.3) is 0 Å². The molecule has 4 nitrogen and oxygen atoms in total. The van der Waals surface area contributed by atoms with Gasteiger partial charge in [0.1, 0.15) is 0 Å². The fraction of sp³-hybridized carbons (Fsp3) is 0.500. The standard InChI is InChI=1S/C14H20N2O2/c1-10(2)11-3-5-12(6-4-11)13-9-16(7-8-17)14(18)15-13/h3-6,10,13,17H,7-9H2,1-2H3,(H,15,18). The second-order valence-corrected chi connectivity index (χ2v) is 4.99. The monoisotopic (exact) mass is 248 g/mol. The van der Waals surface area contributed by atoms with Gasteiger partial charge in [0, 0.05) is 13.1 Å². The summed E-state index contributed by atoms with van der Waals surface area (Å²) in [6, 6.07) is 8.31. The molecule has 0 aliphatic carbocycles. The highest BCUT2D eigenvalue weighted by molar-refractivity contribution is 5.77. The predicted molar refractivity (Wildman–Crippen MR) is 70.5 cm³/mol. The van der Waals surface area contributed by atoms with Gasteiger partial charge in [0.25, 0.3) is 0 Å². The predicted octanol–water partition coefficient (Wildman–Crippen LogP) is 1.87. The Labute approximate surface area is 108 Å². The smallest absolute Gasteiger partial charge is 0.318 e. The molecule has 1 atom stereocenters. The van der Waals surface area contributed by atoms with E-state index in [1.165, 1.54) is 5.56 Å². The molecule has 4 heteroatoms. The Kier molecular flexibility index (Phi) is 3.87. The van der Waals surface area contributed by atoms with Crippen LogP contribution in [0.4, 0.5) is 4.79 Å². The summed E-state index contributed by atoms with van der Waals surface area (Å²) in [7, 11) is 0. The molecule has 1 unspecified atom stereocenters. The van der Waals surface area contributed by atoms with E-state index in [0.29, 0.717) is 19.0 Å². The molecule has 0 spiro atoms. The van der Waals surface area contributed by atoms with Crippen LogP contribution in [0, 0.1) is 0 Å². The first-order chi connectivity index (χ1) is 8.61. The highest BCUT2D eigenvalue weighted by atomic mass is 16.3. The Hall–Kier alpha value is -1.55. The zero-order chi connectivity index (χ0) is 13.1. The van der Waals surface area contributed by atoms with Gasteiger partial charge in [-0.3, -0.25) is 0 Å². The Morgan fingerprint density at radius 3 is 2.61 bits per heavy atom. The van der Waals surface area contributed by atoms with E-state index in [-0.39, 0.29) is 18.7 Å². The maximum absolute atomic E-state index is 11.6. The second-order valence-electron chi connectivity index (χ2n) is 4.99. The van der Waals surface area contributed by atoms with Crippen molar-refractivity contribution in [2.45, 2.75) is 25.8 Å². The van der Waals surface area contributed by atoms with Gasteiger partial charge < -0.3 is 15.3 Å². The Balaban J connectivity index is 2.07. The molecule has 1 aromatic rings. The number of nitrogens with zero attached hydrogens (tertiary/aromatic N) is 1. The van der Waals surface area contributed by atoms with Crippen LogP contribution in [0.5, 0.6) is 0 Å². The molecular weight excluding hydrogens is 228 g/mol. The lowest BCUT2D eigenvalue weighted by atomic mass is 9.99. The zero-order valence-electron chi connectivity index (χ0n) is 10.9. The number of carbonyl (C=O) groups is 1. The minimum atomic E-state index is -0.0954. The fourth-order valence-electron chi connectivity index (χ4n) is 2.20. The SMILES string of the molecule is CC(C)c1ccc(C2CN(CCO)C(=O)N2)cc1. The van der Waals surface area contributed by atoms with Crippen molar-refractivity contribution in [3.05, 3.63) is 35.4 Å². The van der Waals surface area contributed by atoms with Crippen LogP contribution >= 0.6 is 0 Å². The molecule has 2 N–H and O–H groups in total. The molecule has 1 aliphatic heterocycles. The van der Waals surface area contributed by atoms with Crippen molar-refractivity contribution < 1.29 is 9.90 Å². The molecule has 98 valence electrons. The van der Waals surface area contributed by atoms with Gasteiger partial charge in [0.05, 0.1) is 12.6 Å². The van der Waals surface area contributed by atoms with Crippen molar-refractivity contribution in [3.8, 4) is 0 Å². The summed E-state index contributed by atoms with van der Waals surface area (Å²) in [6.45, 7) is 5.35. The normalized spacial score (nSPS) is 19.4. The zero-order valence-corrected chi connectivity index (χ0v) is 10.9. The Bertz CT molecular complexity index is 414. The number of aliphatic hydroxyl groups excluding tert-OH is 1. The van der Waals surface area contributed by atoms with Crippen molar-refractivity contribution in [1.29, 1.82) is 0 Å². The molecule has 1 aromatic carbocycles. The lowest BCUT2D eigenvalue weighted by molar-refractivity contribution is 0.196. The van der Waals surface area contributed by atoms with Gasteiger partial charge in [-0.25, -0.2) is 4.79 Å². The summed E-state index contributed by atoms with van der Waals surface area (Å²) < 4.78 is 0. The van der Waals surface area contributed by atoms with Gasteiger partial charge in [0.15, 0.2) is 0 Å².